The molecule has 4 heterocycles. The summed E-state index contributed by atoms with van der Waals surface area (Å²) in [5.41, 5.74) is 1.67. The first-order valence-electron chi connectivity index (χ1n) is 10.7. The van der Waals surface area contributed by atoms with Crippen molar-refractivity contribution in [2.75, 3.05) is 0 Å². The zero-order valence-electron chi connectivity index (χ0n) is 16.4. The maximum Gasteiger partial charge on any atom is 0.0364 e. The molecule has 10 rings (SSSR count). The van der Waals surface area contributed by atoms with Gasteiger partial charge in [0.25, 0.3) is 0 Å². The van der Waals surface area contributed by atoms with Crippen LogP contribution in [0.25, 0.3) is 37.4 Å². The summed E-state index contributed by atoms with van der Waals surface area (Å²) < 4.78 is 1.69. The van der Waals surface area contributed by atoms with Crippen LogP contribution in [-0.4, -0.2) is 4.86 Å². The van der Waals surface area contributed by atoms with Gasteiger partial charge in [0.05, 0.1) is 0 Å². The van der Waals surface area contributed by atoms with Crippen LogP contribution >= 0.6 is 60.3 Å². The summed E-state index contributed by atoms with van der Waals surface area (Å²) >= 11 is 0. The molecule has 152 valence electrons. The van der Waals surface area contributed by atoms with Crippen LogP contribution < -0.4 is 15.7 Å². The maximum atomic E-state index is 2.62. The number of hydrogen-bond donors (Lipinski definition) is 0. The molecule has 0 saturated heterocycles. The van der Waals surface area contributed by atoms with Gasteiger partial charge in [-0.3, -0.25) is 0 Å². The lowest BCUT2D eigenvalue weighted by Crippen LogP contribution is -2.41. The van der Waals surface area contributed by atoms with Crippen molar-refractivity contribution in [2.45, 2.75) is 9.79 Å². The van der Waals surface area contributed by atoms with Gasteiger partial charge in [-0.25, -0.2) is 0 Å². The highest BCUT2D eigenvalue weighted by molar-refractivity contribution is 9.18. The summed E-state index contributed by atoms with van der Waals surface area (Å²) in [7, 11) is 9.14. The summed E-state index contributed by atoms with van der Waals surface area (Å²) in [5, 5.41) is 10.6. The van der Waals surface area contributed by atoms with Crippen molar-refractivity contribution < 1.29 is 0 Å². The molecule has 0 bridgehead atoms. The molecule has 4 aliphatic heterocycles. The third-order valence-electron chi connectivity index (χ3n) is 7.48. The normalized spacial score (nSPS) is 28.8. The molecule has 0 fully saturated rings. The molecular formula is C26H12S6. The van der Waals surface area contributed by atoms with E-state index in [-0.39, 0.29) is 17.1 Å². The largest absolute Gasteiger partial charge is 0.0675 e. The summed E-state index contributed by atoms with van der Waals surface area (Å²) in [6.45, 7) is 0. The molecule has 4 atom stereocenters. The topological polar surface area (TPSA) is 0 Å². The van der Waals surface area contributed by atoms with E-state index in [1.807, 2.05) is 0 Å². The van der Waals surface area contributed by atoms with Gasteiger partial charge in [0.1, 0.15) is 0 Å². The molecule has 0 aromatic heterocycles. The molecule has 0 saturated carbocycles. The van der Waals surface area contributed by atoms with E-state index in [0.717, 1.165) is 0 Å². The van der Waals surface area contributed by atoms with Crippen molar-refractivity contribution in [1.82, 2.24) is 0 Å². The summed E-state index contributed by atoms with van der Waals surface area (Å²) in [6, 6.07) is 20.7. The van der Waals surface area contributed by atoms with Crippen molar-refractivity contribution >= 4 is 103 Å². The Labute approximate surface area is 203 Å². The molecule has 2 aliphatic carbocycles. The predicted octanol–water partition coefficient (Wildman–Crippen LogP) is 6.62. The van der Waals surface area contributed by atoms with Crippen LogP contribution in [0.15, 0.2) is 64.4 Å². The molecule has 0 spiro atoms. The highest BCUT2D eigenvalue weighted by atomic mass is 33.5. The molecule has 6 aliphatic rings. The number of benzene rings is 4. The van der Waals surface area contributed by atoms with E-state index in [1.165, 1.54) is 26.6 Å². The standard InChI is InChI=1S/C26H12S6/c1-3-7-13-11(5-1)9-15-17-21(13)27-31-25(17)20-19-23(15)29-32-26(19)18-16(24(20)30-31)10-12-6-2-4-8-14(12)22(18)28-32/h1-10,15,17H. The molecule has 0 nitrogen and oxygen atoms in total. The first kappa shape index (κ1) is 17.4. The highest BCUT2D eigenvalue weighted by Crippen LogP contribution is 2.73. The average molecular weight is 517 g/mol. The zero-order chi connectivity index (χ0) is 20.3. The third-order valence-corrected chi connectivity index (χ3v) is 20.6. The minimum atomic E-state index is 0.195. The summed E-state index contributed by atoms with van der Waals surface area (Å²) in [4.78, 5) is 8.25. The van der Waals surface area contributed by atoms with Crippen LogP contribution in [0.1, 0.15) is 5.56 Å². The van der Waals surface area contributed by atoms with Crippen molar-refractivity contribution in [3.05, 3.63) is 80.3 Å². The summed E-state index contributed by atoms with van der Waals surface area (Å²) in [5.74, 6) is 1.13. The average Bonchev–Trinajstić information content (AvgIpc) is 3.56. The van der Waals surface area contributed by atoms with Gasteiger partial charge >= 0.3 is 0 Å². The second kappa shape index (κ2) is 5.61. The molecule has 6 heteroatoms. The van der Waals surface area contributed by atoms with E-state index in [0.29, 0.717) is 11.8 Å². The Balaban J connectivity index is 1.47. The predicted molar refractivity (Wildman–Crippen MR) is 150 cm³/mol. The van der Waals surface area contributed by atoms with E-state index in [1.54, 1.807) is 45.1 Å². The highest BCUT2D eigenvalue weighted by Gasteiger charge is 2.50. The minimum Gasteiger partial charge on any atom is -0.0675 e. The molecule has 4 aromatic carbocycles. The van der Waals surface area contributed by atoms with Crippen LogP contribution in [0.2, 0.25) is 0 Å². The monoisotopic (exact) mass is 516 g/mol. The Hall–Kier alpha value is -1.02. The van der Waals surface area contributed by atoms with Crippen LogP contribution in [0, 0.1) is 16.3 Å². The molecule has 4 aromatic rings. The molecule has 4 unspecified atom stereocenters. The number of hydrogen-bond acceptors (Lipinski definition) is 4. The second-order valence-electron chi connectivity index (χ2n) is 8.91. The van der Waals surface area contributed by atoms with Crippen molar-refractivity contribution in [3.63, 3.8) is 0 Å². The van der Waals surface area contributed by atoms with Gasteiger partial charge in [0.2, 0.25) is 0 Å². The molecule has 0 radical (unpaired) electrons. The van der Waals surface area contributed by atoms with E-state index in [4.69, 9.17) is 0 Å². The Kier molecular flexibility index (Phi) is 3.06. The minimum absolute atomic E-state index is 0.195. The maximum absolute atomic E-state index is 2.62. The van der Waals surface area contributed by atoms with Gasteiger partial charge in [-0.1, -0.05) is 115 Å². The lowest BCUT2D eigenvalue weighted by atomic mass is 9.76. The number of rotatable bonds is 0. The third kappa shape index (κ3) is 1.78. The van der Waals surface area contributed by atoms with E-state index >= 15 is 0 Å². The fraction of sp³-hybridized carbons (Fsp3) is 0.0769. The smallest absolute Gasteiger partial charge is 0.0364 e. The molecule has 0 amide bonds. The Morgan fingerprint density at radius 3 is 2.59 bits per heavy atom. The van der Waals surface area contributed by atoms with Gasteiger partial charge in [-0.2, -0.15) is 0 Å². The van der Waals surface area contributed by atoms with E-state index in [9.17, 15) is 0 Å². The lowest BCUT2D eigenvalue weighted by molar-refractivity contribution is 0.792. The second-order valence-corrected chi connectivity index (χ2v) is 20.3. The fourth-order valence-electron chi connectivity index (χ4n) is 6.24. The zero-order valence-corrected chi connectivity index (χ0v) is 21.3. The van der Waals surface area contributed by atoms with E-state index < -0.39 is 0 Å². The first-order chi connectivity index (χ1) is 15.9. The van der Waals surface area contributed by atoms with Gasteiger partial charge in [0, 0.05) is 57.0 Å². The molecule has 0 N–H and O–H groups in total. The Morgan fingerprint density at radius 1 is 0.750 bits per heavy atom. The van der Waals surface area contributed by atoms with Gasteiger partial charge in [-0.15, -0.1) is 0 Å². The fourth-order valence-corrected chi connectivity index (χ4v) is 22.1. The number of fused-ring (bicyclic) bond motifs is 5. The molecule has 32 heavy (non-hydrogen) atoms. The van der Waals surface area contributed by atoms with Crippen molar-refractivity contribution in [1.29, 1.82) is 0 Å². The van der Waals surface area contributed by atoms with Crippen LogP contribution in [0.5, 0.6) is 0 Å². The van der Waals surface area contributed by atoms with Crippen molar-refractivity contribution in [2.24, 2.45) is 11.8 Å². The molecular weight excluding hydrogens is 505 g/mol. The Bertz CT molecular complexity index is 2000. The van der Waals surface area contributed by atoms with Gasteiger partial charge < -0.3 is 0 Å². The van der Waals surface area contributed by atoms with E-state index in [2.05, 4.69) is 104 Å². The van der Waals surface area contributed by atoms with Crippen molar-refractivity contribution in [3.8, 4) is 0 Å². The first-order valence-corrected chi connectivity index (χ1v) is 18.5. The van der Waals surface area contributed by atoms with Gasteiger partial charge in [-0.05, 0) is 32.7 Å². The quantitative estimate of drug-likeness (QED) is 0.146. The Morgan fingerprint density at radius 2 is 1.59 bits per heavy atom. The van der Waals surface area contributed by atoms with Gasteiger partial charge in [0.15, 0.2) is 0 Å². The lowest BCUT2D eigenvalue weighted by Gasteiger charge is -2.32. The van der Waals surface area contributed by atoms with Crippen LogP contribution in [0.3, 0.4) is 0 Å². The van der Waals surface area contributed by atoms with Crippen LogP contribution in [0.4, 0.5) is 0 Å². The summed E-state index contributed by atoms with van der Waals surface area (Å²) in [6.07, 6.45) is 2.62. The van der Waals surface area contributed by atoms with Crippen LogP contribution in [-0.2, 0) is 0 Å². The SMILES string of the molecule is C1=c2ccccc2=C2SS3=C4c5c(c6cc7ccccc7c7c6c6c5=C(SS=6S7)C1C24)S3.